The molecule has 0 aliphatic carbocycles. The first-order valence-electron chi connectivity index (χ1n) is 5.37. The zero-order valence-electron chi connectivity index (χ0n) is 9.72. The van der Waals surface area contributed by atoms with Crippen LogP contribution in [0.1, 0.15) is 40.5 Å². The minimum Gasteiger partial charge on any atom is -0.310 e. The lowest BCUT2D eigenvalue weighted by Gasteiger charge is -2.34. The molecule has 2 unspecified atom stereocenters. The Morgan fingerprint density at radius 3 is 2.31 bits per heavy atom. The highest BCUT2D eigenvalue weighted by Gasteiger charge is 2.25. The molecule has 0 radical (unpaired) electrons. The quantitative estimate of drug-likeness (QED) is 0.704. The molecule has 0 amide bonds. The molecule has 2 nitrogen and oxygen atoms in total. The van der Waals surface area contributed by atoms with E-state index in [1.54, 1.807) is 0 Å². The van der Waals surface area contributed by atoms with Gasteiger partial charge in [-0.2, -0.15) is 0 Å². The fourth-order valence-electron chi connectivity index (χ4n) is 1.77. The van der Waals surface area contributed by atoms with Crippen molar-refractivity contribution >= 4 is 0 Å². The molecule has 13 heavy (non-hydrogen) atoms. The van der Waals surface area contributed by atoms with Crippen LogP contribution in [-0.4, -0.2) is 36.1 Å². The molecule has 1 N–H and O–H groups in total. The number of nitrogens with one attached hydrogen (secondary N) is 1. The van der Waals surface area contributed by atoms with Gasteiger partial charge in [0.1, 0.15) is 0 Å². The van der Waals surface area contributed by atoms with E-state index >= 15 is 0 Å². The molecule has 78 valence electrons. The maximum atomic E-state index is 3.62. The first-order chi connectivity index (χ1) is 5.89. The highest BCUT2D eigenvalue weighted by Crippen LogP contribution is 2.16. The Morgan fingerprint density at radius 1 is 1.31 bits per heavy atom. The maximum absolute atomic E-state index is 3.62. The summed E-state index contributed by atoms with van der Waals surface area (Å²) in [7, 11) is 2.21. The lowest BCUT2D eigenvalue weighted by atomic mass is 10.1. The Kier molecular flexibility index (Phi) is 3.36. The van der Waals surface area contributed by atoms with Gasteiger partial charge in [0.25, 0.3) is 0 Å². The second-order valence-electron chi connectivity index (χ2n) is 5.39. The van der Waals surface area contributed by atoms with Crippen molar-refractivity contribution in [3.05, 3.63) is 0 Å². The summed E-state index contributed by atoms with van der Waals surface area (Å²) < 4.78 is 0. The second kappa shape index (κ2) is 3.97. The Hall–Kier alpha value is -0.0800. The topological polar surface area (TPSA) is 15.3 Å². The molecule has 2 atom stereocenters. The standard InChI is InChI=1S/C11H24N2/c1-9-6-7-10(12-9)8-13(5)11(2,3)4/h9-10,12H,6-8H2,1-5H3. The van der Waals surface area contributed by atoms with Gasteiger partial charge >= 0.3 is 0 Å². The number of rotatable bonds is 2. The molecule has 1 fully saturated rings. The molecule has 1 rings (SSSR count). The molecule has 0 aromatic carbocycles. The molecular weight excluding hydrogens is 160 g/mol. The first-order valence-corrected chi connectivity index (χ1v) is 5.37. The van der Waals surface area contributed by atoms with Gasteiger partial charge in [0, 0.05) is 24.2 Å². The van der Waals surface area contributed by atoms with Gasteiger partial charge in [-0.3, -0.25) is 4.90 Å². The van der Waals surface area contributed by atoms with Crippen LogP contribution < -0.4 is 5.32 Å². The van der Waals surface area contributed by atoms with Crippen LogP contribution in [0, 0.1) is 0 Å². The van der Waals surface area contributed by atoms with Crippen molar-refractivity contribution in [1.29, 1.82) is 0 Å². The lowest BCUT2D eigenvalue weighted by molar-refractivity contribution is 0.160. The summed E-state index contributed by atoms with van der Waals surface area (Å²) in [6.45, 7) is 10.3. The number of likely N-dealkylation sites (N-methyl/N-ethyl adjacent to an activating group) is 1. The molecular formula is C11H24N2. The van der Waals surface area contributed by atoms with Crippen LogP contribution in [-0.2, 0) is 0 Å². The van der Waals surface area contributed by atoms with Gasteiger partial charge in [-0.25, -0.2) is 0 Å². The van der Waals surface area contributed by atoms with Gasteiger partial charge in [0.2, 0.25) is 0 Å². The van der Waals surface area contributed by atoms with E-state index in [1.165, 1.54) is 19.4 Å². The minimum absolute atomic E-state index is 0.299. The van der Waals surface area contributed by atoms with Crippen molar-refractivity contribution in [3.8, 4) is 0 Å². The average molecular weight is 184 g/mol. The van der Waals surface area contributed by atoms with E-state index in [4.69, 9.17) is 0 Å². The molecule has 1 aliphatic rings. The van der Waals surface area contributed by atoms with Crippen LogP contribution in [0.2, 0.25) is 0 Å². The summed E-state index contributed by atoms with van der Waals surface area (Å²) in [5.41, 5.74) is 0.299. The molecule has 0 aromatic heterocycles. The predicted molar refractivity (Wildman–Crippen MR) is 58.0 cm³/mol. The van der Waals surface area contributed by atoms with Crippen molar-refractivity contribution in [3.63, 3.8) is 0 Å². The molecule has 2 heteroatoms. The molecule has 1 saturated heterocycles. The first kappa shape index (κ1) is 11.0. The summed E-state index contributed by atoms with van der Waals surface area (Å²) in [5, 5.41) is 3.62. The normalized spacial score (nSPS) is 30.0. The predicted octanol–water partition coefficient (Wildman–Crippen LogP) is 1.86. The highest BCUT2D eigenvalue weighted by atomic mass is 15.2. The van der Waals surface area contributed by atoms with E-state index < -0.39 is 0 Å². The van der Waals surface area contributed by atoms with Crippen molar-refractivity contribution in [1.82, 2.24) is 10.2 Å². The molecule has 1 aliphatic heterocycles. The molecule has 0 bridgehead atoms. The fourth-order valence-corrected chi connectivity index (χ4v) is 1.77. The van der Waals surface area contributed by atoms with E-state index in [-0.39, 0.29) is 0 Å². The summed E-state index contributed by atoms with van der Waals surface area (Å²) in [6, 6.07) is 1.43. The van der Waals surface area contributed by atoms with E-state index in [0.717, 1.165) is 6.04 Å². The van der Waals surface area contributed by atoms with Gasteiger partial charge < -0.3 is 5.32 Å². The minimum atomic E-state index is 0.299. The van der Waals surface area contributed by atoms with Crippen molar-refractivity contribution in [2.75, 3.05) is 13.6 Å². The SMILES string of the molecule is CC1CCC(CN(C)C(C)(C)C)N1. The maximum Gasteiger partial charge on any atom is 0.0198 e. The van der Waals surface area contributed by atoms with Gasteiger partial charge in [0.05, 0.1) is 0 Å². The third-order valence-corrected chi connectivity index (χ3v) is 3.11. The van der Waals surface area contributed by atoms with Crippen LogP contribution in [0.25, 0.3) is 0 Å². The summed E-state index contributed by atoms with van der Waals surface area (Å²) in [6.07, 6.45) is 2.67. The summed E-state index contributed by atoms with van der Waals surface area (Å²) in [4.78, 5) is 2.43. The van der Waals surface area contributed by atoms with Crippen LogP contribution in [0.3, 0.4) is 0 Å². The molecule has 1 heterocycles. The van der Waals surface area contributed by atoms with Crippen molar-refractivity contribution in [2.24, 2.45) is 0 Å². The lowest BCUT2D eigenvalue weighted by Crippen LogP contribution is -2.45. The van der Waals surface area contributed by atoms with Crippen LogP contribution >= 0.6 is 0 Å². The monoisotopic (exact) mass is 184 g/mol. The van der Waals surface area contributed by atoms with Crippen molar-refractivity contribution in [2.45, 2.75) is 58.2 Å². The van der Waals surface area contributed by atoms with Gasteiger partial charge in [-0.15, -0.1) is 0 Å². The summed E-state index contributed by atoms with van der Waals surface area (Å²) in [5.74, 6) is 0. The van der Waals surface area contributed by atoms with Gasteiger partial charge in [-0.1, -0.05) is 0 Å². The number of hydrogen-bond donors (Lipinski definition) is 1. The Labute approximate surface area is 82.7 Å². The molecule has 0 spiro atoms. The third-order valence-electron chi connectivity index (χ3n) is 3.11. The molecule has 0 aromatic rings. The largest absolute Gasteiger partial charge is 0.310 e. The van der Waals surface area contributed by atoms with Crippen molar-refractivity contribution < 1.29 is 0 Å². The third kappa shape index (κ3) is 3.28. The van der Waals surface area contributed by atoms with Crippen LogP contribution in [0.5, 0.6) is 0 Å². The Bertz CT molecular complexity index is 160. The van der Waals surface area contributed by atoms with E-state index in [1.807, 2.05) is 0 Å². The number of nitrogens with zero attached hydrogens (tertiary/aromatic N) is 1. The van der Waals surface area contributed by atoms with E-state index in [9.17, 15) is 0 Å². The summed E-state index contributed by atoms with van der Waals surface area (Å²) >= 11 is 0. The second-order valence-corrected chi connectivity index (χ2v) is 5.39. The van der Waals surface area contributed by atoms with Gasteiger partial charge in [0.15, 0.2) is 0 Å². The fraction of sp³-hybridized carbons (Fsp3) is 1.00. The average Bonchev–Trinajstić information content (AvgIpc) is 2.33. The van der Waals surface area contributed by atoms with E-state index in [0.29, 0.717) is 11.6 Å². The smallest absolute Gasteiger partial charge is 0.0198 e. The zero-order valence-corrected chi connectivity index (χ0v) is 9.72. The molecule has 0 saturated carbocycles. The highest BCUT2D eigenvalue weighted by molar-refractivity contribution is 4.85. The Morgan fingerprint density at radius 2 is 1.92 bits per heavy atom. The number of hydrogen-bond acceptors (Lipinski definition) is 2. The van der Waals surface area contributed by atoms with Crippen LogP contribution in [0.15, 0.2) is 0 Å². The Balaban J connectivity index is 2.33. The van der Waals surface area contributed by atoms with E-state index in [2.05, 4.69) is 45.0 Å². The van der Waals surface area contributed by atoms with Crippen LogP contribution in [0.4, 0.5) is 0 Å². The zero-order chi connectivity index (χ0) is 10.1. The van der Waals surface area contributed by atoms with Gasteiger partial charge in [-0.05, 0) is 47.6 Å².